The standard InChI is InChI=1S/C16H12F2O3/c1-20-15(19)14-16(21-14,10-2-6-12(17)7-3-10)11-4-8-13(18)9-5-11/h2-9,14H,1H3. The second kappa shape index (κ2) is 4.93. The Balaban J connectivity index is 2.07. The monoisotopic (exact) mass is 290 g/mol. The van der Waals surface area contributed by atoms with Crippen LogP contribution < -0.4 is 0 Å². The molecule has 0 radical (unpaired) electrons. The van der Waals surface area contributed by atoms with Gasteiger partial charge in [0, 0.05) is 0 Å². The molecule has 1 aliphatic heterocycles. The van der Waals surface area contributed by atoms with Crippen molar-refractivity contribution >= 4 is 5.97 Å². The highest BCUT2D eigenvalue weighted by Crippen LogP contribution is 2.52. The Kier molecular flexibility index (Phi) is 3.22. The summed E-state index contributed by atoms with van der Waals surface area (Å²) in [4.78, 5) is 11.8. The van der Waals surface area contributed by atoms with Gasteiger partial charge in [0.05, 0.1) is 7.11 Å². The Bertz CT molecular complexity index is 619. The Morgan fingerprint density at radius 2 is 1.43 bits per heavy atom. The number of ether oxygens (including phenoxy) is 2. The van der Waals surface area contributed by atoms with Gasteiger partial charge in [-0.3, -0.25) is 0 Å². The Hall–Kier alpha value is -2.27. The molecule has 5 heteroatoms. The van der Waals surface area contributed by atoms with E-state index in [0.29, 0.717) is 11.1 Å². The van der Waals surface area contributed by atoms with Crippen molar-refractivity contribution in [1.29, 1.82) is 0 Å². The van der Waals surface area contributed by atoms with Crippen LogP contribution in [0.3, 0.4) is 0 Å². The number of hydrogen-bond acceptors (Lipinski definition) is 3. The maximum absolute atomic E-state index is 13.1. The average Bonchev–Trinajstić information content (AvgIpc) is 3.24. The maximum Gasteiger partial charge on any atom is 0.338 e. The minimum atomic E-state index is -1.05. The summed E-state index contributed by atoms with van der Waals surface area (Å²) < 4.78 is 36.5. The molecule has 0 N–H and O–H groups in total. The molecule has 1 heterocycles. The van der Waals surface area contributed by atoms with Gasteiger partial charge < -0.3 is 9.47 Å². The maximum atomic E-state index is 13.1. The van der Waals surface area contributed by atoms with Crippen LogP contribution in [0.5, 0.6) is 0 Å². The van der Waals surface area contributed by atoms with E-state index in [-0.39, 0.29) is 11.6 Å². The molecular formula is C16H12F2O3. The minimum absolute atomic E-state index is 0.386. The van der Waals surface area contributed by atoms with Crippen molar-refractivity contribution in [2.75, 3.05) is 7.11 Å². The second-order valence-corrected chi connectivity index (χ2v) is 4.77. The molecule has 1 atom stereocenters. The van der Waals surface area contributed by atoms with E-state index in [9.17, 15) is 13.6 Å². The van der Waals surface area contributed by atoms with Crippen LogP contribution in [0.25, 0.3) is 0 Å². The number of methoxy groups -OCH3 is 1. The Labute approximate surface area is 120 Å². The zero-order valence-corrected chi connectivity index (χ0v) is 11.2. The van der Waals surface area contributed by atoms with Crippen molar-refractivity contribution in [3.8, 4) is 0 Å². The van der Waals surface area contributed by atoms with Crippen LogP contribution >= 0.6 is 0 Å². The molecular weight excluding hydrogens is 278 g/mol. The fourth-order valence-electron chi connectivity index (χ4n) is 2.47. The third-order valence-electron chi connectivity index (χ3n) is 3.58. The van der Waals surface area contributed by atoms with Crippen molar-refractivity contribution in [1.82, 2.24) is 0 Å². The summed E-state index contributed by atoms with van der Waals surface area (Å²) in [6, 6.07) is 11.3. The number of esters is 1. The summed E-state index contributed by atoms with van der Waals surface area (Å²) in [6.45, 7) is 0. The molecule has 1 unspecified atom stereocenters. The van der Waals surface area contributed by atoms with Gasteiger partial charge in [-0.1, -0.05) is 24.3 Å². The van der Waals surface area contributed by atoms with Crippen LogP contribution in [-0.4, -0.2) is 19.2 Å². The summed E-state index contributed by atoms with van der Waals surface area (Å²) in [5.41, 5.74) is 0.186. The van der Waals surface area contributed by atoms with Gasteiger partial charge in [-0.15, -0.1) is 0 Å². The molecule has 21 heavy (non-hydrogen) atoms. The molecule has 1 aliphatic rings. The van der Waals surface area contributed by atoms with E-state index >= 15 is 0 Å². The molecule has 0 aliphatic carbocycles. The van der Waals surface area contributed by atoms with E-state index in [0.717, 1.165) is 0 Å². The number of epoxide rings is 1. The summed E-state index contributed by atoms with van der Waals surface area (Å²) >= 11 is 0. The fraction of sp³-hybridized carbons (Fsp3) is 0.188. The predicted molar refractivity (Wildman–Crippen MR) is 70.5 cm³/mol. The zero-order chi connectivity index (χ0) is 15.0. The molecule has 1 fully saturated rings. The average molecular weight is 290 g/mol. The van der Waals surface area contributed by atoms with Gasteiger partial charge in [-0.25, -0.2) is 13.6 Å². The quantitative estimate of drug-likeness (QED) is 0.644. The SMILES string of the molecule is COC(=O)C1OC1(c1ccc(F)cc1)c1ccc(F)cc1. The van der Waals surface area contributed by atoms with Crippen LogP contribution in [-0.2, 0) is 19.9 Å². The van der Waals surface area contributed by atoms with Gasteiger partial charge in [-0.2, -0.15) is 0 Å². The van der Waals surface area contributed by atoms with E-state index in [4.69, 9.17) is 9.47 Å². The van der Waals surface area contributed by atoms with Crippen LogP contribution in [0.15, 0.2) is 48.5 Å². The molecule has 0 amide bonds. The van der Waals surface area contributed by atoms with Crippen molar-refractivity contribution in [2.45, 2.75) is 11.7 Å². The molecule has 3 nitrogen and oxygen atoms in total. The van der Waals surface area contributed by atoms with E-state index < -0.39 is 17.7 Å². The predicted octanol–water partition coefficient (Wildman–Crippen LogP) is 2.78. The molecule has 2 aromatic rings. The highest BCUT2D eigenvalue weighted by atomic mass is 19.1. The van der Waals surface area contributed by atoms with Crippen molar-refractivity contribution in [3.63, 3.8) is 0 Å². The highest BCUT2D eigenvalue weighted by Gasteiger charge is 2.63. The molecule has 2 aromatic carbocycles. The first-order valence-corrected chi connectivity index (χ1v) is 6.35. The second-order valence-electron chi connectivity index (χ2n) is 4.77. The van der Waals surface area contributed by atoms with Gasteiger partial charge in [0.15, 0.2) is 11.7 Å². The van der Waals surface area contributed by atoms with Crippen LogP contribution in [0, 0.1) is 11.6 Å². The van der Waals surface area contributed by atoms with Crippen molar-refractivity contribution in [3.05, 3.63) is 71.3 Å². The third kappa shape index (κ3) is 2.19. The van der Waals surface area contributed by atoms with Gasteiger partial charge in [0.25, 0.3) is 0 Å². The molecule has 0 bridgehead atoms. The van der Waals surface area contributed by atoms with E-state index in [1.54, 1.807) is 24.3 Å². The first kappa shape index (κ1) is 13.7. The zero-order valence-electron chi connectivity index (χ0n) is 11.2. The van der Waals surface area contributed by atoms with Gasteiger partial charge in [0.2, 0.25) is 0 Å². The highest BCUT2D eigenvalue weighted by molar-refractivity contribution is 5.81. The lowest BCUT2D eigenvalue weighted by Crippen LogP contribution is -2.21. The Morgan fingerprint density at radius 1 is 1.00 bits per heavy atom. The third-order valence-corrected chi connectivity index (χ3v) is 3.58. The van der Waals surface area contributed by atoms with Crippen LogP contribution in [0.1, 0.15) is 11.1 Å². The lowest BCUT2D eigenvalue weighted by atomic mass is 9.88. The summed E-state index contributed by atoms with van der Waals surface area (Å²) in [7, 11) is 1.27. The summed E-state index contributed by atoms with van der Waals surface area (Å²) in [6.07, 6.45) is -0.821. The molecule has 1 saturated heterocycles. The number of rotatable bonds is 3. The van der Waals surface area contributed by atoms with Crippen molar-refractivity contribution in [2.24, 2.45) is 0 Å². The Morgan fingerprint density at radius 3 is 1.81 bits per heavy atom. The first-order valence-electron chi connectivity index (χ1n) is 6.35. The lowest BCUT2D eigenvalue weighted by Gasteiger charge is -2.14. The molecule has 3 rings (SSSR count). The summed E-state index contributed by atoms with van der Waals surface area (Å²) in [5, 5.41) is 0. The molecule has 108 valence electrons. The molecule has 0 saturated carbocycles. The van der Waals surface area contributed by atoms with Crippen LogP contribution in [0.4, 0.5) is 8.78 Å². The summed E-state index contributed by atoms with van der Waals surface area (Å²) in [5.74, 6) is -1.30. The molecule has 0 aromatic heterocycles. The number of carbonyl (C=O) groups is 1. The smallest absolute Gasteiger partial charge is 0.338 e. The van der Waals surface area contributed by atoms with Gasteiger partial charge in [0.1, 0.15) is 11.6 Å². The van der Waals surface area contributed by atoms with Crippen molar-refractivity contribution < 1.29 is 23.0 Å². The fourth-order valence-corrected chi connectivity index (χ4v) is 2.47. The lowest BCUT2D eigenvalue weighted by molar-refractivity contribution is -0.142. The topological polar surface area (TPSA) is 38.8 Å². The number of halogens is 2. The van der Waals surface area contributed by atoms with E-state index in [1.165, 1.54) is 31.4 Å². The number of hydrogen-bond donors (Lipinski definition) is 0. The normalized spacial score (nSPS) is 19.1. The van der Waals surface area contributed by atoms with E-state index in [1.807, 2.05) is 0 Å². The van der Waals surface area contributed by atoms with Crippen LogP contribution in [0.2, 0.25) is 0 Å². The first-order chi connectivity index (χ1) is 10.1. The number of carbonyl (C=O) groups excluding carboxylic acids is 1. The van der Waals surface area contributed by atoms with E-state index in [2.05, 4.69) is 0 Å². The molecule has 0 spiro atoms. The van der Waals surface area contributed by atoms with Gasteiger partial charge in [-0.05, 0) is 35.4 Å². The van der Waals surface area contributed by atoms with Gasteiger partial charge >= 0.3 is 5.97 Å². The largest absolute Gasteiger partial charge is 0.467 e. The minimum Gasteiger partial charge on any atom is -0.467 e. The number of benzene rings is 2.